The van der Waals surface area contributed by atoms with Crippen LogP contribution in [0.4, 0.5) is 4.79 Å². The second kappa shape index (κ2) is 3.53. The first-order valence-electron chi connectivity index (χ1n) is 2.06. The molecular formula is C3H5N3O3. The van der Waals surface area contributed by atoms with Gasteiger partial charge in [0.15, 0.2) is 0 Å². The van der Waals surface area contributed by atoms with E-state index in [1.807, 2.05) is 5.29 Å². The Labute approximate surface area is 50.6 Å². The first-order chi connectivity index (χ1) is 4.16. The number of nitrogens with zero attached hydrogens (tertiary/aromatic N) is 1. The fraction of sp³-hybridized carbons (Fsp3) is 0.333. The summed E-state index contributed by atoms with van der Waals surface area (Å²) in [5.41, 5.74) is 1.48. The van der Waals surface area contributed by atoms with Crippen LogP contribution in [-0.4, -0.2) is 11.9 Å². The lowest BCUT2D eigenvalue weighted by atomic mass is 10.7. The average Bonchev–Trinajstić information content (AvgIpc) is 1.63. The van der Waals surface area contributed by atoms with E-state index < -0.39 is 11.9 Å². The maximum absolute atomic E-state index is 10.1. The monoisotopic (exact) mass is 131 g/mol. The predicted octanol–water partition coefficient (Wildman–Crippen LogP) is -0.486. The van der Waals surface area contributed by atoms with Crippen LogP contribution in [0.15, 0.2) is 5.29 Å². The van der Waals surface area contributed by atoms with Crippen molar-refractivity contribution in [1.82, 2.24) is 10.7 Å². The van der Waals surface area contributed by atoms with Crippen LogP contribution in [0.1, 0.15) is 6.92 Å². The zero-order valence-electron chi connectivity index (χ0n) is 4.67. The van der Waals surface area contributed by atoms with E-state index in [2.05, 4.69) is 0 Å². The van der Waals surface area contributed by atoms with Crippen LogP contribution in [0.2, 0.25) is 0 Å². The van der Waals surface area contributed by atoms with Gasteiger partial charge in [-0.05, 0) is 0 Å². The molecule has 9 heavy (non-hydrogen) atoms. The van der Waals surface area contributed by atoms with E-state index in [1.54, 1.807) is 5.32 Å². The number of hydrogen-bond acceptors (Lipinski definition) is 4. The molecule has 0 aliphatic carbocycles. The minimum absolute atomic E-state index is 0.545. The Bertz CT molecular complexity index is 143. The predicted molar refractivity (Wildman–Crippen MR) is 28.1 cm³/mol. The van der Waals surface area contributed by atoms with E-state index in [-0.39, 0.29) is 0 Å². The molecule has 0 aliphatic rings. The summed E-state index contributed by atoms with van der Waals surface area (Å²) in [6.07, 6.45) is 0. The lowest BCUT2D eigenvalue weighted by Gasteiger charge is -1.93. The minimum atomic E-state index is -0.919. The Balaban J connectivity index is 3.50. The standard InChI is InChI=1S/C3H5N3O3/c1-2(7)4-3(8)5-6-9/h1H3,(H2,4,5,7,8,9). The Morgan fingerprint density at radius 3 is 2.33 bits per heavy atom. The van der Waals surface area contributed by atoms with E-state index in [1.165, 1.54) is 5.43 Å². The molecule has 0 bridgehead atoms. The molecule has 50 valence electrons. The molecule has 0 atom stereocenters. The zero-order valence-corrected chi connectivity index (χ0v) is 4.67. The van der Waals surface area contributed by atoms with Gasteiger partial charge >= 0.3 is 6.03 Å². The number of amides is 3. The van der Waals surface area contributed by atoms with E-state index in [0.29, 0.717) is 0 Å². The van der Waals surface area contributed by atoms with Crippen LogP contribution in [0.25, 0.3) is 0 Å². The number of imide groups is 1. The van der Waals surface area contributed by atoms with Gasteiger partial charge in [-0.15, -0.1) is 4.91 Å². The third-order valence-corrected chi connectivity index (χ3v) is 0.437. The van der Waals surface area contributed by atoms with Crippen molar-refractivity contribution < 1.29 is 9.59 Å². The molecule has 2 N–H and O–H groups in total. The molecule has 0 heterocycles. The fourth-order valence-electron chi connectivity index (χ4n) is 0.229. The summed E-state index contributed by atoms with van der Waals surface area (Å²) in [5, 5.41) is 3.79. The highest BCUT2D eigenvalue weighted by molar-refractivity contribution is 5.92. The van der Waals surface area contributed by atoms with Crippen LogP contribution in [-0.2, 0) is 4.79 Å². The van der Waals surface area contributed by atoms with Gasteiger partial charge in [0.05, 0.1) is 5.29 Å². The quantitative estimate of drug-likeness (QED) is 0.372. The van der Waals surface area contributed by atoms with Crippen LogP contribution in [0.3, 0.4) is 0 Å². The highest BCUT2D eigenvalue weighted by Crippen LogP contribution is 1.63. The molecule has 0 saturated carbocycles. The van der Waals surface area contributed by atoms with Crippen molar-refractivity contribution in [3.63, 3.8) is 0 Å². The third-order valence-electron chi connectivity index (χ3n) is 0.437. The van der Waals surface area contributed by atoms with E-state index in [0.717, 1.165) is 6.92 Å². The number of hydrogen-bond donors (Lipinski definition) is 2. The second-order valence-corrected chi connectivity index (χ2v) is 1.21. The summed E-state index contributed by atoms with van der Waals surface area (Å²) in [4.78, 5) is 29.4. The molecule has 0 aromatic carbocycles. The minimum Gasteiger partial charge on any atom is -0.277 e. The zero-order chi connectivity index (χ0) is 7.28. The molecule has 6 nitrogen and oxygen atoms in total. The summed E-state index contributed by atoms with van der Waals surface area (Å²) < 4.78 is 0. The Kier molecular flexibility index (Phi) is 2.96. The molecule has 6 heteroatoms. The van der Waals surface area contributed by atoms with Gasteiger partial charge in [-0.25, -0.2) is 4.79 Å². The lowest BCUT2D eigenvalue weighted by molar-refractivity contribution is -0.117. The Morgan fingerprint density at radius 2 is 2.00 bits per heavy atom. The fourth-order valence-corrected chi connectivity index (χ4v) is 0.229. The molecule has 0 rings (SSSR count). The van der Waals surface area contributed by atoms with E-state index in [4.69, 9.17) is 0 Å². The lowest BCUT2D eigenvalue weighted by Crippen LogP contribution is -2.35. The summed E-state index contributed by atoms with van der Waals surface area (Å²) in [6.45, 7) is 1.14. The molecule has 3 amide bonds. The average molecular weight is 131 g/mol. The van der Waals surface area contributed by atoms with Crippen LogP contribution >= 0.6 is 0 Å². The van der Waals surface area contributed by atoms with E-state index >= 15 is 0 Å². The molecule has 0 aliphatic heterocycles. The maximum Gasteiger partial charge on any atom is 0.344 e. The second-order valence-electron chi connectivity index (χ2n) is 1.21. The van der Waals surface area contributed by atoms with Gasteiger partial charge in [0.25, 0.3) is 0 Å². The molecule has 0 aromatic heterocycles. The largest absolute Gasteiger partial charge is 0.344 e. The molecule has 0 radical (unpaired) electrons. The number of nitroso groups, excluding NO2 is 1. The van der Waals surface area contributed by atoms with Gasteiger partial charge in [-0.2, -0.15) is 5.43 Å². The summed E-state index contributed by atoms with van der Waals surface area (Å²) >= 11 is 0. The van der Waals surface area contributed by atoms with Crippen molar-refractivity contribution in [3.05, 3.63) is 4.91 Å². The number of urea groups is 1. The number of carbonyl (C=O) groups is 2. The highest BCUT2D eigenvalue weighted by atomic mass is 16.3. The van der Waals surface area contributed by atoms with Gasteiger partial charge in [-0.1, -0.05) is 0 Å². The van der Waals surface area contributed by atoms with Crippen LogP contribution in [0.5, 0.6) is 0 Å². The first kappa shape index (κ1) is 7.54. The van der Waals surface area contributed by atoms with Crippen molar-refractivity contribution in [2.75, 3.05) is 0 Å². The normalized spacial score (nSPS) is 7.67. The van der Waals surface area contributed by atoms with Crippen molar-refractivity contribution in [1.29, 1.82) is 0 Å². The first-order valence-corrected chi connectivity index (χ1v) is 2.06. The van der Waals surface area contributed by atoms with Crippen LogP contribution < -0.4 is 10.7 Å². The van der Waals surface area contributed by atoms with Gasteiger partial charge in [-0.3, -0.25) is 10.1 Å². The Hall–Kier alpha value is -1.46. The Morgan fingerprint density at radius 1 is 1.44 bits per heavy atom. The SMILES string of the molecule is CC(=O)NC(=O)NN=O. The third kappa shape index (κ3) is 4.39. The highest BCUT2D eigenvalue weighted by Gasteiger charge is 1.98. The molecule has 0 unspecified atom stereocenters. The van der Waals surface area contributed by atoms with Crippen LogP contribution in [0, 0.1) is 4.91 Å². The van der Waals surface area contributed by atoms with Crippen molar-refractivity contribution in [2.24, 2.45) is 5.29 Å². The molecule has 0 fully saturated rings. The summed E-state index contributed by atoms with van der Waals surface area (Å²) in [6, 6.07) is -0.919. The smallest absolute Gasteiger partial charge is 0.277 e. The number of nitrogens with one attached hydrogen (secondary N) is 2. The topological polar surface area (TPSA) is 87.6 Å². The van der Waals surface area contributed by atoms with Gasteiger partial charge in [0, 0.05) is 6.92 Å². The molecule has 0 saturated heterocycles. The number of rotatable bonds is 1. The molecule has 0 aromatic rings. The summed E-state index contributed by atoms with van der Waals surface area (Å²) in [5.74, 6) is -0.545. The van der Waals surface area contributed by atoms with Crippen molar-refractivity contribution >= 4 is 11.9 Å². The van der Waals surface area contributed by atoms with Crippen molar-refractivity contribution in [3.8, 4) is 0 Å². The van der Waals surface area contributed by atoms with Gasteiger partial charge in [0.1, 0.15) is 0 Å². The number of carbonyl (C=O) groups excluding carboxylic acids is 2. The summed E-state index contributed by atoms with van der Waals surface area (Å²) in [7, 11) is 0. The maximum atomic E-state index is 10.1. The van der Waals surface area contributed by atoms with E-state index in [9.17, 15) is 14.5 Å². The van der Waals surface area contributed by atoms with Gasteiger partial charge in [0.2, 0.25) is 5.91 Å². The van der Waals surface area contributed by atoms with Gasteiger partial charge < -0.3 is 0 Å². The molecular weight excluding hydrogens is 126 g/mol. The van der Waals surface area contributed by atoms with Crippen molar-refractivity contribution in [2.45, 2.75) is 6.92 Å². The molecule has 0 spiro atoms.